The summed E-state index contributed by atoms with van der Waals surface area (Å²) in [7, 11) is 0. The summed E-state index contributed by atoms with van der Waals surface area (Å²) in [6, 6.07) is 13.6. The molecule has 1 atom stereocenters. The van der Waals surface area contributed by atoms with Crippen LogP contribution in [0.25, 0.3) is 0 Å². The van der Waals surface area contributed by atoms with Crippen LogP contribution in [0.2, 0.25) is 5.02 Å². The van der Waals surface area contributed by atoms with Gasteiger partial charge in [0.25, 0.3) is 5.91 Å². The van der Waals surface area contributed by atoms with Gasteiger partial charge in [0, 0.05) is 21.6 Å². The monoisotopic (exact) mass is 510 g/mol. The Bertz CT molecular complexity index is 901. The highest BCUT2D eigenvalue weighted by molar-refractivity contribution is 14.1. The molecule has 1 saturated heterocycles. The zero-order valence-corrected chi connectivity index (χ0v) is 18.3. The van der Waals surface area contributed by atoms with Gasteiger partial charge in [0.1, 0.15) is 6.04 Å². The molecule has 0 saturated carbocycles. The smallest absolute Gasteiger partial charge is 0.257 e. The van der Waals surface area contributed by atoms with E-state index in [9.17, 15) is 14.4 Å². The first-order chi connectivity index (χ1) is 13.4. The van der Waals surface area contributed by atoms with Gasteiger partial charge in [-0.05, 0) is 64.9 Å². The Morgan fingerprint density at radius 1 is 1.18 bits per heavy atom. The highest BCUT2D eigenvalue weighted by Crippen LogP contribution is 2.28. The Hall–Kier alpha value is -1.93. The van der Waals surface area contributed by atoms with Crippen LogP contribution < -0.4 is 4.90 Å². The van der Waals surface area contributed by atoms with Crippen molar-refractivity contribution in [2.24, 2.45) is 0 Å². The van der Waals surface area contributed by atoms with Crippen molar-refractivity contribution in [3.8, 4) is 0 Å². The normalized spacial score (nSPS) is 16.5. The second kappa shape index (κ2) is 9.05. The molecule has 1 fully saturated rings. The third-order valence-electron chi connectivity index (χ3n) is 4.67. The number of amides is 3. The minimum atomic E-state index is -0.817. The van der Waals surface area contributed by atoms with Gasteiger partial charge in [0.2, 0.25) is 11.8 Å². The molecule has 0 aliphatic carbocycles. The maximum absolute atomic E-state index is 13.1. The molecule has 146 valence electrons. The van der Waals surface area contributed by atoms with Crippen LogP contribution in [0, 0.1) is 3.57 Å². The van der Waals surface area contributed by atoms with E-state index < -0.39 is 6.04 Å². The maximum Gasteiger partial charge on any atom is 0.257 e. The number of halogens is 2. The van der Waals surface area contributed by atoms with Crippen molar-refractivity contribution < 1.29 is 14.4 Å². The van der Waals surface area contributed by atoms with E-state index in [2.05, 4.69) is 22.6 Å². The van der Waals surface area contributed by atoms with E-state index in [0.717, 1.165) is 9.13 Å². The van der Waals surface area contributed by atoms with Crippen molar-refractivity contribution in [1.29, 1.82) is 0 Å². The number of imide groups is 1. The number of anilines is 1. The Labute approximate surface area is 182 Å². The van der Waals surface area contributed by atoms with E-state index in [4.69, 9.17) is 11.6 Å². The summed E-state index contributed by atoms with van der Waals surface area (Å²) < 4.78 is 1.01. The van der Waals surface area contributed by atoms with E-state index in [1.807, 2.05) is 37.3 Å². The van der Waals surface area contributed by atoms with Crippen LogP contribution in [0.5, 0.6) is 0 Å². The number of benzene rings is 2. The molecule has 2 aromatic rings. The van der Waals surface area contributed by atoms with Crippen LogP contribution >= 0.6 is 34.2 Å². The first-order valence-corrected chi connectivity index (χ1v) is 10.5. The van der Waals surface area contributed by atoms with Crippen molar-refractivity contribution in [1.82, 2.24) is 4.90 Å². The van der Waals surface area contributed by atoms with Crippen LogP contribution in [0.3, 0.4) is 0 Å². The molecule has 0 radical (unpaired) electrons. The SMILES string of the molecule is CCCC(=O)N(Cc1ccccc1Cl)C1CC(=O)N(c2ccc(I)cc2)C1=O. The molecule has 1 heterocycles. The minimum absolute atomic E-state index is 0.0231. The maximum atomic E-state index is 13.1. The highest BCUT2D eigenvalue weighted by atomic mass is 127. The van der Waals surface area contributed by atoms with Crippen molar-refractivity contribution in [3.63, 3.8) is 0 Å². The van der Waals surface area contributed by atoms with Gasteiger partial charge >= 0.3 is 0 Å². The summed E-state index contributed by atoms with van der Waals surface area (Å²) in [5, 5.41) is 0.531. The van der Waals surface area contributed by atoms with Gasteiger partial charge in [-0.2, -0.15) is 0 Å². The van der Waals surface area contributed by atoms with Crippen LogP contribution in [-0.4, -0.2) is 28.7 Å². The quantitative estimate of drug-likeness (QED) is 0.427. The Balaban J connectivity index is 1.90. The summed E-state index contributed by atoms with van der Waals surface area (Å²) in [5.41, 5.74) is 1.28. The Kier molecular flexibility index (Phi) is 6.72. The minimum Gasteiger partial charge on any atom is -0.326 e. The van der Waals surface area contributed by atoms with Crippen molar-refractivity contribution in [2.45, 2.75) is 38.8 Å². The zero-order chi connectivity index (χ0) is 20.3. The summed E-state index contributed by atoms with van der Waals surface area (Å²) in [6.07, 6.45) is 0.949. The molecule has 1 aliphatic heterocycles. The first kappa shape index (κ1) is 20.8. The fourth-order valence-corrected chi connectivity index (χ4v) is 3.82. The molecular formula is C21H20ClIN2O3. The summed E-state index contributed by atoms with van der Waals surface area (Å²) in [6.45, 7) is 2.10. The fourth-order valence-electron chi connectivity index (χ4n) is 3.26. The van der Waals surface area contributed by atoms with Gasteiger partial charge in [0.05, 0.1) is 12.1 Å². The van der Waals surface area contributed by atoms with Gasteiger partial charge in [-0.25, -0.2) is 4.90 Å². The molecule has 0 aromatic heterocycles. The van der Waals surface area contributed by atoms with Gasteiger partial charge in [0.15, 0.2) is 0 Å². The van der Waals surface area contributed by atoms with Crippen molar-refractivity contribution in [2.75, 3.05) is 4.90 Å². The van der Waals surface area contributed by atoms with E-state index in [1.54, 1.807) is 18.2 Å². The number of carbonyl (C=O) groups excluding carboxylic acids is 3. The Morgan fingerprint density at radius 2 is 1.86 bits per heavy atom. The average molecular weight is 511 g/mol. The van der Waals surface area contributed by atoms with E-state index in [-0.39, 0.29) is 30.7 Å². The van der Waals surface area contributed by atoms with Crippen molar-refractivity contribution in [3.05, 3.63) is 62.7 Å². The zero-order valence-electron chi connectivity index (χ0n) is 15.4. The fraction of sp³-hybridized carbons (Fsp3) is 0.286. The predicted molar refractivity (Wildman–Crippen MR) is 117 cm³/mol. The van der Waals surface area contributed by atoms with Crippen LogP contribution in [0.4, 0.5) is 5.69 Å². The third-order valence-corrected chi connectivity index (χ3v) is 5.75. The number of hydrogen-bond acceptors (Lipinski definition) is 3. The largest absolute Gasteiger partial charge is 0.326 e. The van der Waals surface area contributed by atoms with E-state index >= 15 is 0 Å². The van der Waals surface area contributed by atoms with Gasteiger partial charge in [-0.15, -0.1) is 0 Å². The number of hydrogen-bond donors (Lipinski definition) is 0. The van der Waals surface area contributed by atoms with E-state index in [0.29, 0.717) is 23.6 Å². The standard InChI is InChI=1S/C21H20ClIN2O3/c1-2-5-19(26)24(13-14-6-3-4-7-17(14)22)18-12-20(27)25(21(18)28)16-10-8-15(23)9-11-16/h3-4,6-11,18H,2,5,12-13H2,1H3. The van der Waals surface area contributed by atoms with Crippen molar-refractivity contribution >= 4 is 57.6 Å². The third kappa shape index (κ3) is 4.38. The molecular weight excluding hydrogens is 491 g/mol. The van der Waals surface area contributed by atoms with Crippen LogP contribution in [0.15, 0.2) is 48.5 Å². The molecule has 0 bridgehead atoms. The molecule has 28 heavy (non-hydrogen) atoms. The molecule has 1 unspecified atom stereocenters. The average Bonchev–Trinajstić information content (AvgIpc) is 2.96. The highest BCUT2D eigenvalue weighted by Gasteiger charge is 2.44. The molecule has 7 heteroatoms. The van der Waals surface area contributed by atoms with Gasteiger partial charge in [-0.1, -0.05) is 36.7 Å². The number of nitrogens with zero attached hydrogens (tertiary/aromatic N) is 2. The second-order valence-electron chi connectivity index (χ2n) is 6.63. The molecule has 2 aromatic carbocycles. The molecule has 3 amide bonds. The summed E-state index contributed by atoms with van der Waals surface area (Å²) in [5.74, 6) is -0.828. The lowest BCUT2D eigenvalue weighted by molar-refractivity contribution is -0.139. The molecule has 5 nitrogen and oxygen atoms in total. The molecule has 1 aliphatic rings. The summed E-state index contributed by atoms with van der Waals surface area (Å²) in [4.78, 5) is 41.2. The summed E-state index contributed by atoms with van der Waals surface area (Å²) >= 11 is 8.42. The first-order valence-electron chi connectivity index (χ1n) is 9.07. The topological polar surface area (TPSA) is 57.7 Å². The van der Waals surface area contributed by atoms with Crippen LogP contribution in [-0.2, 0) is 20.9 Å². The van der Waals surface area contributed by atoms with Gasteiger partial charge < -0.3 is 4.90 Å². The van der Waals surface area contributed by atoms with E-state index in [1.165, 1.54) is 9.80 Å². The Morgan fingerprint density at radius 3 is 2.50 bits per heavy atom. The van der Waals surface area contributed by atoms with Gasteiger partial charge in [-0.3, -0.25) is 14.4 Å². The number of carbonyl (C=O) groups is 3. The molecule has 3 rings (SSSR count). The predicted octanol–water partition coefficient (Wildman–Crippen LogP) is 4.41. The number of rotatable bonds is 6. The molecule has 0 N–H and O–H groups in total. The molecule has 0 spiro atoms. The lowest BCUT2D eigenvalue weighted by Gasteiger charge is -2.28. The lowest BCUT2D eigenvalue weighted by atomic mass is 10.1. The second-order valence-corrected chi connectivity index (χ2v) is 8.28. The van der Waals surface area contributed by atoms with Crippen LogP contribution in [0.1, 0.15) is 31.7 Å². The lowest BCUT2D eigenvalue weighted by Crippen LogP contribution is -2.45.